The summed E-state index contributed by atoms with van der Waals surface area (Å²) in [6.07, 6.45) is 2.79. The number of carbonyl (C=O) groups is 1. The van der Waals surface area contributed by atoms with E-state index in [0.717, 1.165) is 50.3 Å². The minimum absolute atomic E-state index is 0.186. The summed E-state index contributed by atoms with van der Waals surface area (Å²) in [4.78, 5) is 17.3. The van der Waals surface area contributed by atoms with Crippen LogP contribution in [-0.2, 0) is 11.3 Å². The van der Waals surface area contributed by atoms with Crippen LogP contribution in [0, 0.1) is 0 Å². The van der Waals surface area contributed by atoms with Gasteiger partial charge in [-0.2, -0.15) is 0 Å². The van der Waals surface area contributed by atoms with Crippen molar-refractivity contribution in [2.75, 3.05) is 26.2 Å². The smallest absolute Gasteiger partial charge is 0.249 e. The molecule has 1 heterocycles. The molecule has 1 amide bonds. The first-order chi connectivity index (χ1) is 12.3. The number of benzene rings is 2. The number of nitrogens with zero attached hydrogens (tertiary/aromatic N) is 2. The van der Waals surface area contributed by atoms with Crippen molar-refractivity contribution in [1.29, 1.82) is 0 Å². The van der Waals surface area contributed by atoms with E-state index in [4.69, 9.17) is 0 Å². The second-order valence-electron chi connectivity index (χ2n) is 6.49. The number of hydrogen-bond acceptors (Lipinski definition) is 2. The third-order valence-electron chi connectivity index (χ3n) is 4.70. The van der Waals surface area contributed by atoms with Crippen molar-refractivity contribution in [3.63, 3.8) is 0 Å². The molecule has 3 nitrogen and oxygen atoms in total. The van der Waals surface area contributed by atoms with Crippen molar-refractivity contribution < 1.29 is 4.79 Å². The summed E-state index contributed by atoms with van der Waals surface area (Å²) in [5.41, 5.74) is 3.32. The largest absolute Gasteiger partial charge is 0.336 e. The summed E-state index contributed by atoms with van der Waals surface area (Å²) in [7, 11) is 0. The Balaban J connectivity index is 1.58. The minimum atomic E-state index is 0.186. The van der Waals surface area contributed by atoms with Crippen LogP contribution in [0.3, 0.4) is 0 Å². The molecule has 0 spiro atoms. The van der Waals surface area contributed by atoms with E-state index in [9.17, 15) is 4.79 Å². The Hall–Kier alpha value is -2.39. The highest BCUT2D eigenvalue weighted by atomic mass is 16.2. The molecule has 0 aromatic heterocycles. The van der Waals surface area contributed by atoms with Crippen molar-refractivity contribution in [2.24, 2.45) is 0 Å². The quantitative estimate of drug-likeness (QED) is 0.776. The van der Waals surface area contributed by atoms with Gasteiger partial charge < -0.3 is 4.90 Å². The van der Waals surface area contributed by atoms with E-state index in [1.807, 2.05) is 47.4 Å². The number of hydrogen-bond donors (Lipinski definition) is 0. The van der Waals surface area contributed by atoms with Crippen LogP contribution in [0.1, 0.15) is 24.5 Å². The van der Waals surface area contributed by atoms with Crippen LogP contribution < -0.4 is 0 Å². The minimum Gasteiger partial charge on any atom is -0.336 e. The molecule has 130 valence electrons. The van der Waals surface area contributed by atoms with Crippen LogP contribution in [0.2, 0.25) is 0 Å². The Morgan fingerprint density at radius 3 is 2.12 bits per heavy atom. The van der Waals surface area contributed by atoms with Crippen molar-refractivity contribution in [3.05, 3.63) is 77.4 Å². The Morgan fingerprint density at radius 1 is 0.920 bits per heavy atom. The summed E-state index contributed by atoms with van der Waals surface area (Å²) in [5, 5.41) is 0. The summed E-state index contributed by atoms with van der Waals surface area (Å²) >= 11 is 0. The standard InChI is InChI=1S/C22H26N2O/c1-2-21(17-19-9-5-3-6-10-19)22(25)24-15-13-23(14-16-24)18-20-11-7-4-8-12-20/h3-12,17H,2,13-16,18H2,1H3/b21-17+. The van der Waals surface area contributed by atoms with Gasteiger partial charge in [0.25, 0.3) is 0 Å². The maximum atomic E-state index is 12.8. The molecule has 1 fully saturated rings. The Morgan fingerprint density at radius 2 is 1.52 bits per heavy atom. The summed E-state index contributed by atoms with van der Waals surface area (Å²) in [5.74, 6) is 0.186. The molecule has 1 saturated heterocycles. The molecule has 25 heavy (non-hydrogen) atoms. The topological polar surface area (TPSA) is 23.6 Å². The van der Waals surface area contributed by atoms with Crippen LogP contribution in [0.4, 0.5) is 0 Å². The highest BCUT2D eigenvalue weighted by Gasteiger charge is 2.22. The maximum Gasteiger partial charge on any atom is 0.249 e. The fraction of sp³-hybridized carbons (Fsp3) is 0.318. The van der Waals surface area contributed by atoms with Crippen molar-refractivity contribution in [2.45, 2.75) is 19.9 Å². The Labute approximate surface area is 150 Å². The zero-order chi connectivity index (χ0) is 17.5. The lowest BCUT2D eigenvalue weighted by molar-refractivity contribution is -0.128. The fourth-order valence-corrected chi connectivity index (χ4v) is 3.22. The number of carbonyl (C=O) groups excluding carboxylic acids is 1. The molecule has 0 atom stereocenters. The van der Waals surface area contributed by atoms with Crippen LogP contribution >= 0.6 is 0 Å². The predicted octanol–water partition coefficient (Wildman–Crippen LogP) is 3.82. The molecule has 3 rings (SSSR count). The lowest BCUT2D eigenvalue weighted by Crippen LogP contribution is -2.48. The summed E-state index contributed by atoms with van der Waals surface area (Å²) in [6.45, 7) is 6.49. The van der Waals surface area contributed by atoms with Crippen molar-refractivity contribution in [1.82, 2.24) is 9.80 Å². The SMILES string of the molecule is CC/C(=C\c1ccccc1)C(=O)N1CCN(Cc2ccccc2)CC1. The molecule has 3 heteroatoms. The van der Waals surface area contributed by atoms with Crippen molar-refractivity contribution >= 4 is 12.0 Å². The van der Waals surface area contributed by atoms with Gasteiger partial charge in [-0.3, -0.25) is 9.69 Å². The lowest BCUT2D eigenvalue weighted by atomic mass is 10.1. The zero-order valence-electron chi connectivity index (χ0n) is 14.9. The van der Waals surface area contributed by atoms with E-state index in [1.165, 1.54) is 5.56 Å². The average Bonchev–Trinajstić information content (AvgIpc) is 2.68. The first-order valence-electron chi connectivity index (χ1n) is 9.07. The molecule has 1 aliphatic heterocycles. The molecule has 2 aromatic carbocycles. The molecule has 0 saturated carbocycles. The van der Waals surface area contributed by atoms with E-state index < -0.39 is 0 Å². The first kappa shape index (κ1) is 17.4. The average molecular weight is 334 g/mol. The number of rotatable bonds is 5. The summed E-state index contributed by atoms with van der Waals surface area (Å²) in [6, 6.07) is 20.6. The highest BCUT2D eigenvalue weighted by molar-refractivity contribution is 5.97. The van der Waals surface area contributed by atoms with Crippen LogP contribution in [0.5, 0.6) is 0 Å². The van der Waals surface area contributed by atoms with Gasteiger partial charge in [-0.15, -0.1) is 0 Å². The molecule has 2 aromatic rings. The monoisotopic (exact) mass is 334 g/mol. The summed E-state index contributed by atoms with van der Waals surface area (Å²) < 4.78 is 0. The van der Waals surface area contributed by atoms with Gasteiger partial charge in [0.15, 0.2) is 0 Å². The molecular weight excluding hydrogens is 308 g/mol. The van der Waals surface area contributed by atoms with E-state index >= 15 is 0 Å². The van der Waals surface area contributed by atoms with Crippen LogP contribution in [0.15, 0.2) is 66.2 Å². The van der Waals surface area contributed by atoms with E-state index in [2.05, 4.69) is 36.1 Å². The van der Waals surface area contributed by atoms with Crippen LogP contribution in [-0.4, -0.2) is 41.9 Å². The molecule has 0 unspecified atom stereocenters. The predicted molar refractivity (Wildman–Crippen MR) is 103 cm³/mol. The van der Waals surface area contributed by atoms with Gasteiger partial charge in [0, 0.05) is 38.3 Å². The third-order valence-corrected chi connectivity index (χ3v) is 4.70. The maximum absolute atomic E-state index is 12.8. The highest BCUT2D eigenvalue weighted by Crippen LogP contribution is 2.15. The van der Waals surface area contributed by atoms with Gasteiger partial charge in [-0.25, -0.2) is 0 Å². The molecule has 0 bridgehead atoms. The van der Waals surface area contributed by atoms with E-state index in [-0.39, 0.29) is 5.91 Å². The van der Waals surface area contributed by atoms with Gasteiger partial charge in [0.1, 0.15) is 0 Å². The first-order valence-corrected chi connectivity index (χ1v) is 9.07. The molecular formula is C22H26N2O. The Kier molecular flexibility index (Phi) is 6.02. The van der Waals surface area contributed by atoms with Gasteiger partial charge in [-0.1, -0.05) is 67.6 Å². The zero-order valence-corrected chi connectivity index (χ0v) is 14.9. The molecule has 1 aliphatic rings. The molecule has 0 radical (unpaired) electrons. The fourth-order valence-electron chi connectivity index (χ4n) is 3.22. The van der Waals surface area contributed by atoms with Crippen LogP contribution in [0.25, 0.3) is 6.08 Å². The molecule has 0 aliphatic carbocycles. The Bertz CT molecular complexity index is 701. The number of amides is 1. The second-order valence-corrected chi connectivity index (χ2v) is 6.49. The van der Waals surface area contributed by atoms with Gasteiger partial charge in [0.2, 0.25) is 5.91 Å². The lowest BCUT2D eigenvalue weighted by Gasteiger charge is -2.35. The van der Waals surface area contributed by atoms with Crippen molar-refractivity contribution in [3.8, 4) is 0 Å². The van der Waals surface area contributed by atoms with E-state index in [1.54, 1.807) is 0 Å². The number of piperazine rings is 1. The van der Waals surface area contributed by atoms with Gasteiger partial charge >= 0.3 is 0 Å². The van der Waals surface area contributed by atoms with Gasteiger partial charge in [-0.05, 0) is 23.6 Å². The van der Waals surface area contributed by atoms with E-state index in [0.29, 0.717) is 0 Å². The molecule has 0 N–H and O–H groups in total. The van der Waals surface area contributed by atoms with Gasteiger partial charge in [0.05, 0.1) is 0 Å². The third kappa shape index (κ3) is 4.80. The second kappa shape index (κ2) is 8.63. The normalized spacial score (nSPS) is 16.0.